The summed E-state index contributed by atoms with van der Waals surface area (Å²) in [5, 5.41) is 0.317. The van der Waals surface area contributed by atoms with E-state index >= 15 is 0 Å². The highest BCUT2D eigenvalue weighted by Gasteiger charge is 2.18. The van der Waals surface area contributed by atoms with Gasteiger partial charge in [0.05, 0.1) is 11.6 Å². The van der Waals surface area contributed by atoms with Crippen LogP contribution in [0.15, 0.2) is 12.1 Å². The second-order valence-electron chi connectivity index (χ2n) is 4.48. The van der Waals surface area contributed by atoms with Crippen molar-refractivity contribution in [3.8, 4) is 5.75 Å². The number of carbonyl (C=O) groups is 1. The minimum Gasteiger partial charge on any atom is -0.490 e. The fraction of sp³-hybridized carbons (Fsp3) is 0.533. The Morgan fingerprint density at radius 3 is 2.52 bits per heavy atom. The number of hydrogen-bond donors (Lipinski definition) is 1. The monoisotopic (exact) mass is 314 g/mol. The molecule has 0 spiro atoms. The average molecular weight is 315 g/mol. The van der Waals surface area contributed by atoms with Crippen LogP contribution >= 0.6 is 11.6 Å². The zero-order chi connectivity index (χ0) is 15.8. The largest absolute Gasteiger partial charge is 0.490 e. The zero-order valence-corrected chi connectivity index (χ0v) is 13.6. The molecule has 0 fully saturated rings. The van der Waals surface area contributed by atoms with Crippen LogP contribution in [0, 0.1) is 0 Å². The van der Waals surface area contributed by atoms with E-state index in [9.17, 15) is 4.79 Å². The second kappa shape index (κ2) is 8.74. The van der Waals surface area contributed by atoms with Gasteiger partial charge in [-0.15, -0.1) is 0 Å². The lowest BCUT2D eigenvalue weighted by molar-refractivity contribution is 0.0521. The Balaban J connectivity index is 2.86. The molecule has 1 aromatic rings. The molecule has 0 saturated heterocycles. The number of nitrogens with zero attached hydrogens (tertiary/aromatic N) is 1. The molecule has 0 unspecified atom stereocenters. The van der Waals surface area contributed by atoms with Crippen LogP contribution in [0.1, 0.15) is 31.1 Å². The molecule has 0 amide bonds. The first-order valence-electron chi connectivity index (χ1n) is 7.14. The fourth-order valence-electron chi connectivity index (χ4n) is 1.94. The first-order chi connectivity index (χ1) is 10.0. The SMILES string of the molecule is CCOC(=O)c1cc(N)cc(Cl)c1OCCN(CC)CC. The van der Waals surface area contributed by atoms with Gasteiger partial charge in [0.15, 0.2) is 5.75 Å². The van der Waals surface area contributed by atoms with E-state index < -0.39 is 5.97 Å². The molecule has 2 N–H and O–H groups in total. The Morgan fingerprint density at radius 1 is 1.29 bits per heavy atom. The second-order valence-corrected chi connectivity index (χ2v) is 4.88. The van der Waals surface area contributed by atoms with Gasteiger partial charge in [-0.2, -0.15) is 0 Å². The van der Waals surface area contributed by atoms with Crippen molar-refractivity contribution in [1.82, 2.24) is 4.90 Å². The van der Waals surface area contributed by atoms with Crippen LogP contribution in [-0.2, 0) is 4.74 Å². The van der Waals surface area contributed by atoms with Gasteiger partial charge in [0.2, 0.25) is 0 Å². The van der Waals surface area contributed by atoms with Crippen molar-refractivity contribution >= 4 is 23.3 Å². The van der Waals surface area contributed by atoms with Crippen molar-refractivity contribution in [3.63, 3.8) is 0 Å². The van der Waals surface area contributed by atoms with Crippen LogP contribution in [-0.4, -0.2) is 43.7 Å². The van der Waals surface area contributed by atoms with E-state index in [-0.39, 0.29) is 12.2 Å². The molecule has 0 radical (unpaired) electrons. The number of rotatable bonds is 8. The van der Waals surface area contributed by atoms with Gasteiger partial charge in [0.1, 0.15) is 12.2 Å². The molecular formula is C15H23ClN2O3. The van der Waals surface area contributed by atoms with Crippen molar-refractivity contribution in [1.29, 1.82) is 0 Å². The van der Waals surface area contributed by atoms with Crippen LogP contribution in [0.4, 0.5) is 5.69 Å². The van der Waals surface area contributed by atoms with E-state index in [4.69, 9.17) is 26.8 Å². The molecule has 6 heteroatoms. The van der Waals surface area contributed by atoms with Gasteiger partial charge in [-0.05, 0) is 32.1 Å². The van der Waals surface area contributed by atoms with E-state index in [1.807, 2.05) is 0 Å². The molecule has 0 atom stereocenters. The van der Waals surface area contributed by atoms with E-state index in [2.05, 4.69) is 18.7 Å². The van der Waals surface area contributed by atoms with Crippen LogP contribution in [0.25, 0.3) is 0 Å². The predicted molar refractivity (Wildman–Crippen MR) is 85.1 cm³/mol. The van der Waals surface area contributed by atoms with E-state index in [0.717, 1.165) is 19.6 Å². The van der Waals surface area contributed by atoms with Crippen molar-refractivity contribution in [3.05, 3.63) is 22.7 Å². The molecule has 5 nitrogen and oxygen atoms in total. The molecule has 21 heavy (non-hydrogen) atoms. The summed E-state index contributed by atoms with van der Waals surface area (Å²) in [6.07, 6.45) is 0. The van der Waals surface area contributed by atoms with Gasteiger partial charge < -0.3 is 20.1 Å². The lowest BCUT2D eigenvalue weighted by Gasteiger charge is -2.19. The van der Waals surface area contributed by atoms with Gasteiger partial charge in [-0.3, -0.25) is 0 Å². The average Bonchev–Trinajstić information content (AvgIpc) is 2.45. The maximum Gasteiger partial charge on any atom is 0.342 e. The van der Waals surface area contributed by atoms with Gasteiger partial charge in [0, 0.05) is 12.2 Å². The summed E-state index contributed by atoms with van der Waals surface area (Å²) in [4.78, 5) is 14.2. The number of ether oxygens (including phenoxy) is 2. The highest BCUT2D eigenvalue weighted by atomic mass is 35.5. The lowest BCUT2D eigenvalue weighted by Crippen LogP contribution is -2.28. The van der Waals surface area contributed by atoms with E-state index in [1.54, 1.807) is 13.0 Å². The molecule has 0 saturated carbocycles. The third-order valence-corrected chi connectivity index (χ3v) is 3.39. The summed E-state index contributed by atoms with van der Waals surface area (Å²) in [6.45, 7) is 9.29. The minimum absolute atomic E-state index is 0.265. The quantitative estimate of drug-likeness (QED) is 0.590. The number of benzene rings is 1. The summed E-state index contributed by atoms with van der Waals surface area (Å²) in [7, 11) is 0. The topological polar surface area (TPSA) is 64.8 Å². The minimum atomic E-state index is -0.482. The number of likely N-dealkylation sites (N-methyl/N-ethyl adjacent to an activating group) is 1. The number of carbonyl (C=O) groups excluding carboxylic acids is 1. The smallest absolute Gasteiger partial charge is 0.342 e. The third kappa shape index (κ3) is 5.10. The summed E-state index contributed by atoms with van der Waals surface area (Å²) in [5.41, 5.74) is 6.39. The number of hydrogen-bond acceptors (Lipinski definition) is 5. The van der Waals surface area contributed by atoms with E-state index in [1.165, 1.54) is 6.07 Å². The maximum absolute atomic E-state index is 12.0. The third-order valence-electron chi connectivity index (χ3n) is 3.11. The molecule has 0 aliphatic rings. The lowest BCUT2D eigenvalue weighted by atomic mass is 10.2. The normalized spacial score (nSPS) is 10.7. The van der Waals surface area contributed by atoms with Crippen molar-refractivity contribution in [2.75, 3.05) is 38.6 Å². The fourth-order valence-corrected chi connectivity index (χ4v) is 2.22. The van der Waals surface area contributed by atoms with Crippen LogP contribution < -0.4 is 10.5 Å². The number of nitrogens with two attached hydrogens (primary N) is 1. The molecule has 0 bridgehead atoms. The van der Waals surface area contributed by atoms with Gasteiger partial charge in [-0.1, -0.05) is 25.4 Å². The van der Waals surface area contributed by atoms with Crippen molar-refractivity contribution < 1.29 is 14.3 Å². The molecule has 118 valence electrons. The van der Waals surface area contributed by atoms with Crippen molar-refractivity contribution in [2.45, 2.75) is 20.8 Å². The Kier molecular flexibility index (Phi) is 7.32. The molecule has 1 rings (SSSR count). The van der Waals surface area contributed by atoms with Crippen LogP contribution in [0.2, 0.25) is 5.02 Å². The Bertz CT molecular complexity index is 476. The first kappa shape index (κ1) is 17.6. The zero-order valence-electron chi connectivity index (χ0n) is 12.8. The number of halogens is 1. The van der Waals surface area contributed by atoms with E-state index in [0.29, 0.717) is 23.1 Å². The number of anilines is 1. The van der Waals surface area contributed by atoms with Crippen LogP contribution in [0.3, 0.4) is 0 Å². The summed E-state index contributed by atoms with van der Waals surface area (Å²) >= 11 is 6.14. The molecule has 0 aliphatic carbocycles. The molecule has 0 heterocycles. The Labute approximate surface area is 131 Å². The van der Waals surface area contributed by atoms with Gasteiger partial charge in [0.25, 0.3) is 0 Å². The molecule has 0 aliphatic heterocycles. The molecule has 0 aromatic heterocycles. The Hall–Kier alpha value is -1.46. The number of nitrogen functional groups attached to an aromatic ring is 1. The maximum atomic E-state index is 12.0. The van der Waals surface area contributed by atoms with Gasteiger partial charge >= 0.3 is 5.97 Å². The van der Waals surface area contributed by atoms with Gasteiger partial charge in [-0.25, -0.2) is 4.79 Å². The Morgan fingerprint density at radius 2 is 1.95 bits per heavy atom. The molecule has 1 aromatic carbocycles. The number of esters is 1. The summed E-state index contributed by atoms with van der Waals surface area (Å²) in [5.74, 6) is -0.152. The highest BCUT2D eigenvalue weighted by Crippen LogP contribution is 2.32. The standard InChI is InChI=1S/C15H23ClN2O3/c1-4-18(5-2)7-8-21-14-12(15(19)20-6-3)9-11(17)10-13(14)16/h9-10H,4-8,17H2,1-3H3. The highest BCUT2D eigenvalue weighted by molar-refractivity contribution is 6.33. The van der Waals surface area contributed by atoms with Crippen LogP contribution in [0.5, 0.6) is 5.75 Å². The van der Waals surface area contributed by atoms with Crippen molar-refractivity contribution in [2.24, 2.45) is 0 Å². The molecular weight excluding hydrogens is 292 g/mol. The summed E-state index contributed by atoms with van der Waals surface area (Å²) < 4.78 is 10.7. The predicted octanol–water partition coefficient (Wildman–Crippen LogP) is 2.82. The first-order valence-corrected chi connectivity index (χ1v) is 7.52. The summed E-state index contributed by atoms with van der Waals surface area (Å²) in [6, 6.07) is 3.09.